The second kappa shape index (κ2) is 7.67. The monoisotopic (exact) mass is 391 g/mol. The van der Waals surface area contributed by atoms with Crippen LogP contribution in [0, 0.1) is 5.82 Å². The fraction of sp³-hybridized carbons (Fsp3) is 0.100. The molecule has 2 aromatic carbocycles. The van der Waals surface area contributed by atoms with E-state index in [1.807, 2.05) is 0 Å². The second-order valence-corrected chi connectivity index (χ2v) is 5.70. The Bertz CT molecular complexity index is 1000. The van der Waals surface area contributed by atoms with Crippen molar-refractivity contribution in [3.05, 3.63) is 77.7 Å². The first kappa shape index (κ1) is 19.3. The van der Waals surface area contributed by atoms with E-state index in [1.54, 1.807) is 6.07 Å². The second-order valence-electron chi connectivity index (χ2n) is 5.70. The molecule has 0 bridgehead atoms. The van der Waals surface area contributed by atoms with Gasteiger partial charge in [0, 0.05) is 11.8 Å². The van der Waals surface area contributed by atoms with Gasteiger partial charge in [-0.1, -0.05) is 12.1 Å². The molecule has 8 heteroatoms. The SMILES string of the molecule is COC(=O)c1cnc(Oc2ccc(C(F)(F)F)cc2)c(-c2cccc(F)c2)c1. The molecule has 144 valence electrons. The standard InChI is InChI=1S/C20H13F4NO3/c1-27-19(26)13-10-17(12-3-2-4-15(21)9-12)18(25-11-13)28-16-7-5-14(6-8-16)20(22,23)24/h2-11H,1H3. The third-order valence-corrected chi connectivity index (χ3v) is 3.80. The third-order valence-electron chi connectivity index (χ3n) is 3.80. The van der Waals surface area contributed by atoms with Gasteiger partial charge in [-0.3, -0.25) is 0 Å². The van der Waals surface area contributed by atoms with Crippen molar-refractivity contribution in [1.82, 2.24) is 4.98 Å². The van der Waals surface area contributed by atoms with Gasteiger partial charge in [-0.05, 0) is 48.0 Å². The van der Waals surface area contributed by atoms with Crippen molar-refractivity contribution in [1.29, 1.82) is 0 Å². The van der Waals surface area contributed by atoms with Crippen molar-refractivity contribution < 1.29 is 31.8 Å². The number of hydrogen-bond donors (Lipinski definition) is 0. The first-order chi connectivity index (χ1) is 13.3. The highest BCUT2D eigenvalue weighted by molar-refractivity contribution is 5.91. The highest BCUT2D eigenvalue weighted by Gasteiger charge is 2.30. The van der Waals surface area contributed by atoms with E-state index in [2.05, 4.69) is 9.72 Å². The van der Waals surface area contributed by atoms with E-state index in [0.717, 1.165) is 24.3 Å². The molecule has 0 atom stereocenters. The molecule has 3 aromatic rings. The summed E-state index contributed by atoms with van der Waals surface area (Å²) >= 11 is 0. The molecular weight excluding hydrogens is 378 g/mol. The minimum Gasteiger partial charge on any atom is -0.465 e. The van der Waals surface area contributed by atoms with Crippen molar-refractivity contribution in [2.24, 2.45) is 0 Å². The number of alkyl halides is 3. The first-order valence-electron chi connectivity index (χ1n) is 7.97. The van der Waals surface area contributed by atoms with E-state index in [4.69, 9.17) is 4.74 Å². The maximum atomic E-state index is 13.6. The van der Waals surface area contributed by atoms with E-state index in [1.165, 1.54) is 37.6 Å². The van der Waals surface area contributed by atoms with Crippen LogP contribution in [-0.4, -0.2) is 18.1 Å². The van der Waals surface area contributed by atoms with Crippen LogP contribution in [0.5, 0.6) is 11.6 Å². The van der Waals surface area contributed by atoms with Crippen LogP contribution in [0.1, 0.15) is 15.9 Å². The van der Waals surface area contributed by atoms with Crippen LogP contribution in [-0.2, 0) is 10.9 Å². The molecule has 0 saturated carbocycles. The minimum atomic E-state index is -4.47. The van der Waals surface area contributed by atoms with Gasteiger partial charge in [-0.25, -0.2) is 14.2 Å². The number of pyridine rings is 1. The number of ether oxygens (including phenoxy) is 2. The molecule has 0 spiro atoms. The van der Waals surface area contributed by atoms with Crippen LogP contribution in [0.2, 0.25) is 0 Å². The molecule has 0 fully saturated rings. The Labute approximate surface area is 157 Å². The average molecular weight is 391 g/mol. The zero-order chi connectivity index (χ0) is 20.3. The highest BCUT2D eigenvalue weighted by Crippen LogP contribution is 2.35. The predicted octanol–water partition coefficient (Wildman–Crippen LogP) is 5.49. The number of carbonyl (C=O) groups excluding carboxylic acids is 1. The Morgan fingerprint density at radius 1 is 1.04 bits per heavy atom. The van der Waals surface area contributed by atoms with Crippen molar-refractivity contribution in [2.75, 3.05) is 7.11 Å². The molecule has 0 amide bonds. The van der Waals surface area contributed by atoms with Crippen molar-refractivity contribution in [2.45, 2.75) is 6.18 Å². The fourth-order valence-electron chi connectivity index (χ4n) is 2.45. The van der Waals surface area contributed by atoms with Crippen LogP contribution in [0.3, 0.4) is 0 Å². The predicted molar refractivity (Wildman–Crippen MR) is 92.5 cm³/mol. The summed E-state index contributed by atoms with van der Waals surface area (Å²) in [6, 6.07) is 11.0. The van der Waals surface area contributed by atoms with E-state index in [0.29, 0.717) is 5.56 Å². The number of aromatic nitrogens is 1. The third kappa shape index (κ3) is 4.28. The fourth-order valence-corrected chi connectivity index (χ4v) is 2.45. The Balaban J connectivity index is 2.01. The number of esters is 1. The van der Waals surface area contributed by atoms with Crippen LogP contribution in [0.25, 0.3) is 11.1 Å². The summed E-state index contributed by atoms with van der Waals surface area (Å²) in [6.07, 6.45) is -3.26. The molecule has 4 nitrogen and oxygen atoms in total. The van der Waals surface area contributed by atoms with Crippen LogP contribution >= 0.6 is 0 Å². The van der Waals surface area contributed by atoms with Gasteiger partial charge in [0.25, 0.3) is 0 Å². The smallest absolute Gasteiger partial charge is 0.416 e. The molecule has 0 N–H and O–H groups in total. The lowest BCUT2D eigenvalue weighted by atomic mass is 10.1. The number of carbonyl (C=O) groups is 1. The van der Waals surface area contributed by atoms with E-state index in [-0.39, 0.29) is 22.8 Å². The van der Waals surface area contributed by atoms with Crippen molar-refractivity contribution >= 4 is 5.97 Å². The van der Waals surface area contributed by atoms with Gasteiger partial charge in [0.15, 0.2) is 0 Å². The van der Waals surface area contributed by atoms with Gasteiger partial charge in [-0.2, -0.15) is 13.2 Å². The van der Waals surface area contributed by atoms with Gasteiger partial charge < -0.3 is 9.47 Å². The molecule has 0 radical (unpaired) electrons. The summed E-state index contributed by atoms with van der Waals surface area (Å²) in [5.41, 5.74) is -0.0526. The molecule has 3 rings (SSSR count). The maximum Gasteiger partial charge on any atom is 0.416 e. The van der Waals surface area contributed by atoms with E-state index >= 15 is 0 Å². The summed E-state index contributed by atoms with van der Waals surface area (Å²) in [7, 11) is 1.21. The minimum absolute atomic E-state index is 0.00184. The zero-order valence-electron chi connectivity index (χ0n) is 14.5. The highest BCUT2D eigenvalue weighted by atomic mass is 19.4. The summed E-state index contributed by atoms with van der Waals surface area (Å²) in [6.45, 7) is 0. The molecule has 0 aliphatic rings. The number of nitrogens with zero attached hydrogens (tertiary/aromatic N) is 1. The Hall–Kier alpha value is -3.42. The van der Waals surface area contributed by atoms with Crippen LogP contribution in [0.15, 0.2) is 60.8 Å². The molecule has 1 aromatic heterocycles. The molecule has 1 heterocycles. The summed E-state index contributed by atoms with van der Waals surface area (Å²) in [5, 5.41) is 0. The van der Waals surface area contributed by atoms with E-state index < -0.39 is 23.5 Å². The van der Waals surface area contributed by atoms with Crippen molar-refractivity contribution in [3.8, 4) is 22.8 Å². The number of methoxy groups -OCH3 is 1. The zero-order valence-corrected chi connectivity index (χ0v) is 14.5. The quantitative estimate of drug-likeness (QED) is 0.436. The lowest BCUT2D eigenvalue weighted by Gasteiger charge is -2.13. The van der Waals surface area contributed by atoms with Gasteiger partial charge in [-0.15, -0.1) is 0 Å². The lowest BCUT2D eigenvalue weighted by molar-refractivity contribution is -0.137. The summed E-state index contributed by atoms with van der Waals surface area (Å²) in [5.74, 6) is -1.06. The van der Waals surface area contributed by atoms with Gasteiger partial charge in [0.2, 0.25) is 5.88 Å². The molecule has 0 aliphatic carbocycles. The van der Waals surface area contributed by atoms with Gasteiger partial charge >= 0.3 is 12.1 Å². The topological polar surface area (TPSA) is 48.4 Å². The molecule has 0 unspecified atom stereocenters. The molecule has 0 saturated heterocycles. The van der Waals surface area contributed by atoms with Crippen molar-refractivity contribution in [3.63, 3.8) is 0 Å². The lowest BCUT2D eigenvalue weighted by Crippen LogP contribution is -2.05. The number of hydrogen-bond acceptors (Lipinski definition) is 4. The number of benzene rings is 2. The Morgan fingerprint density at radius 3 is 2.36 bits per heavy atom. The van der Waals surface area contributed by atoms with E-state index in [9.17, 15) is 22.4 Å². The number of rotatable bonds is 4. The number of halogens is 4. The Morgan fingerprint density at radius 2 is 1.75 bits per heavy atom. The van der Waals surface area contributed by atoms with Crippen LogP contribution in [0.4, 0.5) is 17.6 Å². The normalized spacial score (nSPS) is 11.2. The van der Waals surface area contributed by atoms with Gasteiger partial charge in [0.1, 0.15) is 11.6 Å². The largest absolute Gasteiger partial charge is 0.465 e. The molecule has 28 heavy (non-hydrogen) atoms. The molecule has 0 aliphatic heterocycles. The summed E-state index contributed by atoms with van der Waals surface area (Å²) in [4.78, 5) is 15.8. The maximum absolute atomic E-state index is 13.6. The Kier molecular flexibility index (Phi) is 5.30. The van der Waals surface area contributed by atoms with Gasteiger partial charge in [0.05, 0.1) is 18.2 Å². The van der Waals surface area contributed by atoms with Crippen LogP contribution < -0.4 is 4.74 Å². The average Bonchev–Trinajstić information content (AvgIpc) is 2.67. The molecular formula is C20H13F4NO3. The first-order valence-corrected chi connectivity index (χ1v) is 7.97. The summed E-state index contributed by atoms with van der Waals surface area (Å²) < 4.78 is 61.9.